The van der Waals surface area contributed by atoms with Gasteiger partial charge >= 0.3 is 12.2 Å². The predicted molar refractivity (Wildman–Crippen MR) is 118 cm³/mol. The highest BCUT2D eigenvalue weighted by Crippen LogP contribution is 2.28. The average Bonchev–Trinajstić information content (AvgIpc) is 3.44. The highest BCUT2D eigenvalue weighted by atomic mass is 19.4. The van der Waals surface area contributed by atoms with E-state index in [2.05, 4.69) is 21.0 Å². The summed E-state index contributed by atoms with van der Waals surface area (Å²) in [5, 5.41) is 12.2. The van der Waals surface area contributed by atoms with Crippen LogP contribution in [0.3, 0.4) is 0 Å². The number of halogens is 3. The molecule has 2 atom stereocenters. The first-order valence-electron chi connectivity index (χ1n) is 10.5. The van der Waals surface area contributed by atoms with E-state index in [1.165, 1.54) is 0 Å². The van der Waals surface area contributed by atoms with Crippen LogP contribution in [0.5, 0.6) is 0 Å². The van der Waals surface area contributed by atoms with Crippen LogP contribution >= 0.6 is 0 Å². The highest BCUT2D eigenvalue weighted by Gasteiger charge is 2.36. The van der Waals surface area contributed by atoms with Gasteiger partial charge in [-0.1, -0.05) is 36.4 Å². The van der Waals surface area contributed by atoms with Crippen LogP contribution in [0, 0.1) is 0 Å². The number of nitrogens with zero attached hydrogens (tertiary/aromatic N) is 2. The third-order valence-corrected chi connectivity index (χ3v) is 5.23. The molecule has 178 valence electrons. The third-order valence-electron chi connectivity index (χ3n) is 5.23. The number of urea groups is 1. The van der Waals surface area contributed by atoms with Gasteiger partial charge < -0.3 is 20.7 Å². The molecule has 0 spiro atoms. The number of amides is 3. The molecule has 2 aromatic carbocycles. The summed E-state index contributed by atoms with van der Waals surface area (Å²) in [5.41, 5.74) is 2.56. The second-order valence-corrected chi connectivity index (χ2v) is 7.75. The molecule has 3 N–H and O–H groups in total. The quantitative estimate of drug-likeness (QED) is 0.488. The minimum atomic E-state index is -4.44. The van der Waals surface area contributed by atoms with Gasteiger partial charge in [-0.2, -0.15) is 13.2 Å². The van der Waals surface area contributed by atoms with Crippen molar-refractivity contribution < 1.29 is 27.5 Å². The van der Waals surface area contributed by atoms with Crippen molar-refractivity contribution in [1.82, 2.24) is 20.4 Å². The lowest BCUT2D eigenvalue weighted by Gasteiger charge is -2.16. The van der Waals surface area contributed by atoms with Gasteiger partial charge in [0.1, 0.15) is 6.04 Å². The number of carbonyl (C=O) groups is 2. The maximum Gasteiger partial charge on any atom is 0.414 e. The Morgan fingerprint density at radius 1 is 1.21 bits per heavy atom. The largest absolute Gasteiger partial charge is 0.414 e. The van der Waals surface area contributed by atoms with Crippen molar-refractivity contribution in [3.63, 3.8) is 0 Å². The van der Waals surface area contributed by atoms with Gasteiger partial charge in [0.05, 0.1) is 18.0 Å². The maximum atomic E-state index is 12.8. The fraction of sp³-hybridized carbons (Fsp3) is 0.261. The molecule has 34 heavy (non-hydrogen) atoms. The second kappa shape index (κ2) is 9.56. The van der Waals surface area contributed by atoms with Gasteiger partial charge in [0, 0.05) is 18.2 Å². The number of para-hydroxylation sites is 1. The van der Waals surface area contributed by atoms with Gasteiger partial charge in [-0.05, 0) is 30.7 Å². The fourth-order valence-corrected chi connectivity index (χ4v) is 3.38. The third kappa shape index (κ3) is 5.37. The van der Waals surface area contributed by atoms with Crippen LogP contribution < -0.4 is 16.0 Å². The van der Waals surface area contributed by atoms with Crippen molar-refractivity contribution in [2.75, 3.05) is 11.9 Å². The number of rotatable bonds is 7. The molecule has 1 aliphatic rings. The summed E-state index contributed by atoms with van der Waals surface area (Å²) < 4.78 is 44.9. The molecule has 0 unspecified atom stereocenters. The van der Waals surface area contributed by atoms with Crippen molar-refractivity contribution >= 4 is 17.8 Å². The van der Waals surface area contributed by atoms with Crippen molar-refractivity contribution in [2.45, 2.75) is 31.9 Å². The smallest absolute Gasteiger partial charge is 0.364 e. The molecule has 0 bridgehead atoms. The number of hydrogen-bond acceptors (Lipinski definition) is 4. The number of aromatic nitrogens is 2. The lowest BCUT2D eigenvalue weighted by atomic mass is 10.1. The Morgan fingerprint density at radius 3 is 2.65 bits per heavy atom. The van der Waals surface area contributed by atoms with Gasteiger partial charge in [0.15, 0.2) is 11.9 Å². The summed E-state index contributed by atoms with van der Waals surface area (Å²) in [7, 11) is 0. The van der Waals surface area contributed by atoms with E-state index in [1.807, 2.05) is 30.3 Å². The first-order chi connectivity index (χ1) is 16.2. The van der Waals surface area contributed by atoms with E-state index in [4.69, 9.17) is 4.74 Å². The molecule has 0 aliphatic carbocycles. The molecular formula is C23H22F3N5O3. The van der Waals surface area contributed by atoms with Crippen molar-refractivity contribution in [1.29, 1.82) is 0 Å². The van der Waals surface area contributed by atoms with E-state index < -0.39 is 30.3 Å². The first-order valence-corrected chi connectivity index (χ1v) is 10.5. The Kier molecular flexibility index (Phi) is 6.55. The Labute approximate surface area is 193 Å². The average molecular weight is 473 g/mol. The van der Waals surface area contributed by atoms with Crippen LogP contribution in [-0.4, -0.2) is 46.6 Å². The van der Waals surface area contributed by atoms with Gasteiger partial charge in [-0.15, -0.1) is 5.10 Å². The lowest BCUT2D eigenvalue weighted by Crippen LogP contribution is -2.38. The molecule has 8 nitrogen and oxygen atoms in total. The fourth-order valence-electron chi connectivity index (χ4n) is 3.38. The first kappa shape index (κ1) is 23.3. The van der Waals surface area contributed by atoms with Crippen LogP contribution in [0.15, 0.2) is 60.7 Å². The highest BCUT2D eigenvalue weighted by molar-refractivity contribution is 5.98. The number of benzene rings is 2. The van der Waals surface area contributed by atoms with E-state index in [0.29, 0.717) is 16.8 Å². The van der Waals surface area contributed by atoms with E-state index in [0.717, 1.165) is 12.6 Å². The number of ether oxygens (including phenoxy) is 1. The number of nitrogens with one attached hydrogen (secondary N) is 3. The molecule has 1 fully saturated rings. The molecule has 1 aromatic heterocycles. The van der Waals surface area contributed by atoms with E-state index in [1.54, 1.807) is 35.0 Å². The number of carbonyl (C=O) groups excluding carboxylic acids is 2. The lowest BCUT2D eigenvalue weighted by molar-refractivity contribution is -0.217. The zero-order valence-electron chi connectivity index (χ0n) is 18.1. The topological polar surface area (TPSA) is 97.3 Å². The molecule has 11 heteroatoms. The number of anilines is 1. The second-order valence-electron chi connectivity index (χ2n) is 7.75. The molecule has 2 heterocycles. The normalized spacial score (nSPS) is 16.6. The van der Waals surface area contributed by atoms with Crippen molar-refractivity contribution in [3.05, 3.63) is 66.2 Å². The number of alkyl halides is 3. The zero-order valence-corrected chi connectivity index (χ0v) is 18.1. The molecule has 3 amide bonds. The molecule has 4 rings (SSSR count). The molecule has 1 saturated heterocycles. The molecule has 1 aliphatic heterocycles. The van der Waals surface area contributed by atoms with Crippen LogP contribution in [-0.2, 0) is 16.1 Å². The van der Waals surface area contributed by atoms with Crippen LogP contribution in [0.1, 0.15) is 12.5 Å². The van der Waals surface area contributed by atoms with Gasteiger partial charge in [-0.3, -0.25) is 4.79 Å². The summed E-state index contributed by atoms with van der Waals surface area (Å²) in [4.78, 5) is 23.8. The molecular weight excluding hydrogens is 451 g/mol. The van der Waals surface area contributed by atoms with Crippen molar-refractivity contribution in [2.24, 2.45) is 0 Å². The Hall–Kier alpha value is -3.86. The van der Waals surface area contributed by atoms with E-state index in [-0.39, 0.29) is 19.0 Å². The monoisotopic (exact) mass is 473 g/mol. The molecule has 0 radical (unpaired) electrons. The molecule has 0 saturated carbocycles. The Bertz CT molecular complexity index is 1180. The zero-order chi connectivity index (χ0) is 24.3. The summed E-state index contributed by atoms with van der Waals surface area (Å²) in [5.74, 6) is -0.164. The maximum absolute atomic E-state index is 12.8. The summed E-state index contributed by atoms with van der Waals surface area (Å²) in [6.07, 6.45) is -6.33. The Balaban J connectivity index is 1.61. The van der Waals surface area contributed by atoms with E-state index >= 15 is 0 Å². The van der Waals surface area contributed by atoms with Gasteiger partial charge in [-0.25, -0.2) is 9.48 Å². The summed E-state index contributed by atoms with van der Waals surface area (Å²) in [6.45, 7) is 0.910. The Morgan fingerprint density at radius 2 is 1.97 bits per heavy atom. The predicted octanol–water partition coefficient (Wildman–Crippen LogP) is 3.63. The summed E-state index contributed by atoms with van der Waals surface area (Å²) in [6, 6.07) is 16.6. The van der Waals surface area contributed by atoms with Crippen LogP contribution in [0.4, 0.5) is 23.8 Å². The van der Waals surface area contributed by atoms with Crippen molar-refractivity contribution in [3.8, 4) is 16.9 Å². The van der Waals surface area contributed by atoms with Gasteiger partial charge in [0.2, 0.25) is 5.91 Å². The SMILES string of the molecule is C[C@@H](OCc1cccc(-c2cc(NC(=O)[C@H]3CNC(=O)N3)nn2-c2ccccc2)c1)C(F)(F)F. The van der Waals surface area contributed by atoms with Crippen LogP contribution in [0.2, 0.25) is 0 Å². The van der Waals surface area contributed by atoms with Crippen LogP contribution in [0.25, 0.3) is 16.9 Å². The standard InChI is InChI=1S/C23H22F3N5O3/c1-14(23(24,25)26)34-13-15-6-5-7-16(10-15)19-11-20(29-21(32)18-12-27-22(33)28-18)30-31(19)17-8-3-2-4-9-17/h2-11,14,18H,12-13H2,1H3,(H2,27,28,33)(H,29,30,32)/t14-,18-/m1/s1. The minimum absolute atomic E-state index is 0.162. The molecule has 3 aromatic rings. The van der Waals surface area contributed by atoms with E-state index in [9.17, 15) is 22.8 Å². The number of hydrogen-bond donors (Lipinski definition) is 3. The van der Waals surface area contributed by atoms with Gasteiger partial charge in [0.25, 0.3) is 0 Å². The minimum Gasteiger partial charge on any atom is -0.364 e. The summed E-state index contributed by atoms with van der Waals surface area (Å²) >= 11 is 0.